The first kappa shape index (κ1) is 12.3. The van der Waals surface area contributed by atoms with Gasteiger partial charge in [0.05, 0.1) is 0 Å². The van der Waals surface area contributed by atoms with Crippen molar-refractivity contribution in [3.63, 3.8) is 0 Å². The molecule has 2 aromatic rings. The smallest absolute Gasteiger partial charge is 0.263 e. The summed E-state index contributed by atoms with van der Waals surface area (Å²) in [6, 6.07) is 10.5. The topological polar surface area (TPSA) is 64.1 Å². The third kappa shape index (κ3) is 3.71. The van der Waals surface area contributed by atoms with E-state index < -0.39 is 0 Å². The van der Waals surface area contributed by atoms with Crippen molar-refractivity contribution in [2.75, 3.05) is 11.9 Å². The summed E-state index contributed by atoms with van der Waals surface area (Å²) in [6.07, 6.45) is 1.27. The molecule has 92 valence electrons. The van der Waals surface area contributed by atoms with Crippen LogP contribution in [0.1, 0.15) is 0 Å². The van der Waals surface area contributed by atoms with E-state index in [1.165, 1.54) is 12.4 Å². The van der Waals surface area contributed by atoms with Gasteiger partial charge in [-0.15, -0.1) is 0 Å². The summed E-state index contributed by atoms with van der Waals surface area (Å²) >= 11 is 5.67. The van der Waals surface area contributed by atoms with Gasteiger partial charge < -0.3 is 10.1 Å². The molecule has 2 rings (SSSR count). The number of carbonyl (C=O) groups is 1. The molecule has 0 unspecified atom stereocenters. The largest absolute Gasteiger partial charge is 0.484 e. The highest BCUT2D eigenvalue weighted by Crippen LogP contribution is 2.10. The van der Waals surface area contributed by atoms with Gasteiger partial charge in [-0.3, -0.25) is 4.79 Å². The molecule has 0 saturated carbocycles. The highest BCUT2D eigenvalue weighted by Gasteiger charge is 2.05. The van der Waals surface area contributed by atoms with Crippen molar-refractivity contribution in [1.82, 2.24) is 9.97 Å². The number of hydrogen-bond acceptors (Lipinski definition) is 4. The number of nitrogens with one attached hydrogen (secondary N) is 1. The monoisotopic (exact) mass is 263 g/mol. The predicted molar refractivity (Wildman–Crippen MR) is 67.6 cm³/mol. The Morgan fingerprint density at radius 1 is 1.28 bits per heavy atom. The van der Waals surface area contributed by atoms with Crippen molar-refractivity contribution in [3.05, 3.63) is 47.9 Å². The van der Waals surface area contributed by atoms with Gasteiger partial charge >= 0.3 is 0 Å². The number of rotatable bonds is 4. The summed E-state index contributed by atoms with van der Waals surface area (Å²) in [4.78, 5) is 19.1. The van der Waals surface area contributed by atoms with Crippen LogP contribution in [0.3, 0.4) is 0 Å². The Bertz CT molecular complexity index is 534. The van der Waals surface area contributed by atoms with Gasteiger partial charge in [-0.25, -0.2) is 9.97 Å². The molecule has 1 amide bonds. The molecule has 5 nitrogen and oxygen atoms in total. The van der Waals surface area contributed by atoms with Gasteiger partial charge in [0.2, 0.25) is 0 Å². The summed E-state index contributed by atoms with van der Waals surface area (Å²) in [5.74, 6) is 0.665. The molecule has 0 saturated heterocycles. The van der Waals surface area contributed by atoms with Crippen LogP contribution in [0.4, 0.5) is 5.82 Å². The maximum absolute atomic E-state index is 11.6. The zero-order valence-electron chi connectivity index (χ0n) is 9.34. The molecular weight excluding hydrogens is 254 g/mol. The van der Waals surface area contributed by atoms with Crippen molar-refractivity contribution in [2.45, 2.75) is 0 Å². The molecular formula is C12H10ClN3O2. The fraction of sp³-hybridized carbons (Fsp3) is 0.0833. The zero-order valence-corrected chi connectivity index (χ0v) is 10.1. The third-order valence-electron chi connectivity index (χ3n) is 2.01. The van der Waals surface area contributed by atoms with Crippen molar-refractivity contribution in [2.24, 2.45) is 0 Å². The first-order valence-electron chi connectivity index (χ1n) is 5.19. The number of anilines is 1. The molecule has 1 aromatic heterocycles. The number of aromatic nitrogens is 2. The second kappa shape index (κ2) is 5.97. The Morgan fingerprint density at radius 3 is 2.78 bits per heavy atom. The SMILES string of the molecule is O=C(COc1ccccc1)Nc1cc(Cl)ncn1. The standard InChI is InChI=1S/C12H10ClN3O2/c13-10-6-11(15-8-14-10)16-12(17)7-18-9-4-2-1-3-5-9/h1-6,8H,7H2,(H,14,15,16,17). The predicted octanol–water partition coefficient (Wildman–Crippen LogP) is 2.15. The number of nitrogens with zero attached hydrogens (tertiary/aromatic N) is 2. The van der Waals surface area contributed by atoms with Gasteiger partial charge in [-0.1, -0.05) is 29.8 Å². The summed E-state index contributed by atoms with van der Waals surface area (Å²) in [6.45, 7) is -0.0916. The Morgan fingerprint density at radius 2 is 2.06 bits per heavy atom. The highest BCUT2D eigenvalue weighted by atomic mass is 35.5. The molecule has 0 aliphatic carbocycles. The minimum atomic E-state index is -0.311. The minimum Gasteiger partial charge on any atom is -0.484 e. The van der Waals surface area contributed by atoms with Crippen LogP contribution in [0.25, 0.3) is 0 Å². The van der Waals surface area contributed by atoms with Crippen molar-refractivity contribution in [3.8, 4) is 5.75 Å². The van der Waals surface area contributed by atoms with Gasteiger partial charge in [0.1, 0.15) is 23.0 Å². The Hall–Kier alpha value is -2.14. The summed E-state index contributed by atoms with van der Waals surface area (Å²) in [5, 5.41) is 2.82. The molecule has 0 aliphatic rings. The van der Waals surface area contributed by atoms with Crippen molar-refractivity contribution in [1.29, 1.82) is 0 Å². The van der Waals surface area contributed by atoms with Crippen molar-refractivity contribution >= 4 is 23.3 Å². The van der Waals surface area contributed by atoms with Crippen LogP contribution >= 0.6 is 11.6 Å². The quantitative estimate of drug-likeness (QED) is 0.859. The molecule has 6 heteroatoms. The van der Waals surface area contributed by atoms with E-state index in [1.54, 1.807) is 12.1 Å². The van der Waals surface area contributed by atoms with E-state index in [0.717, 1.165) is 0 Å². The first-order chi connectivity index (χ1) is 8.74. The van der Waals surface area contributed by atoms with Crippen LogP contribution in [-0.2, 0) is 4.79 Å². The van der Waals surface area contributed by atoms with E-state index in [-0.39, 0.29) is 17.7 Å². The van der Waals surface area contributed by atoms with Crippen LogP contribution in [0.15, 0.2) is 42.7 Å². The maximum Gasteiger partial charge on any atom is 0.263 e. The van der Waals surface area contributed by atoms with Gasteiger partial charge in [-0.2, -0.15) is 0 Å². The first-order valence-corrected chi connectivity index (χ1v) is 5.57. The number of carbonyl (C=O) groups excluding carboxylic acids is 1. The number of para-hydroxylation sites is 1. The van der Waals surface area contributed by atoms with Crippen LogP contribution in [0.5, 0.6) is 5.75 Å². The van der Waals surface area contributed by atoms with Crippen molar-refractivity contribution < 1.29 is 9.53 Å². The lowest BCUT2D eigenvalue weighted by molar-refractivity contribution is -0.118. The number of halogens is 1. The molecule has 1 heterocycles. The lowest BCUT2D eigenvalue weighted by atomic mass is 10.3. The second-order valence-corrected chi connectivity index (χ2v) is 3.76. The lowest BCUT2D eigenvalue weighted by Crippen LogP contribution is -2.20. The van der Waals surface area contributed by atoms with E-state index in [4.69, 9.17) is 16.3 Å². The fourth-order valence-electron chi connectivity index (χ4n) is 1.25. The Labute approximate surface area is 109 Å². The molecule has 0 bridgehead atoms. The molecule has 1 aromatic carbocycles. The van der Waals surface area contributed by atoms with Gasteiger partial charge in [-0.05, 0) is 12.1 Å². The normalized spacial score (nSPS) is 9.83. The van der Waals surface area contributed by atoms with Gasteiger partial charge in [0.25, 0.3) is 5.91 Å². The molecule has 0 aliphatic heterocycles. The third-order valence-corrected chi connectivity index (χ3v) is 2.22. The highest BCUT2D eigenvalue weighted by molar-refractivity contribution is 6.29. The van der Waals surface area contributed by atoms with Crippen LogP contribution < -0.4 is 10.1 Å². The molecule has 0 radical (unpaired) electrons. The lowest BCUT2D eigenvalue weighted by Gasteiger charge is -2.06. The van der Waals surface area contributed by atoms with E-state index in [9.17, 15) is 4.79 Å². The molecule has 0 atom stereocenters. The zero-order chi connectivity index (χ0) is 12.8. The summed E-state index contributed by atoms with van der Waals surface area (Å²) in [5.41, 5.74) is 0. The fourth-order valence-corrected chi connectivity index (χ4v) is 1.39. The number of amides is 1. The number of ether oxygens (including phenoxy) is 1. The summed E-state index contributed by atoms with van der Waals surface area (Å²) in [7, 11) is 0. The van der Waals surface area contributed by atoms with Gasteiger partial charge in [0, 0.05) is 6.07 Å². The van der Waals surface area contributed by atoms with E-state index in [0.29, 0.717) is 11.6 Å². The molecule has 0 fully saturated rings. The maximum atomic E-state index is 11.6. The molecule has 18 heavy (non-hydrogen) atoms. The number of benzene rings is 1. The molecule has 1 N–H and O–H groups in total. The average molecular weight is 264 g/mol. The number of hydrogen-bond donors (Lipinski definition) is 1. The Kier molecular flexibility index (Phi) is 4.09. The Balaban J connectivity index is 1.86. The van der Waals surface area contributed by atoms with Gasteiger partial charge in [0.15, 0.2) is 6.61 Å². The second-order valence-electron chi connectivity index (χ2n) is 3.38. The summed E-state index contributed by atoms with van der Waals surface area (Å²) < 4.78 is 5.28. The van der Waals surface area contributed by atoms with Crippen LogP contribution in [0, 0.1) is 0 Å². The van der Waals surface area contributed by atoms with Crippen LogP contribution in [-0.4, -0.2) is 22.5 Å². The van der Waals surface area contributed by atoms with E-state index in [1.807, 2.05) is 18.2 Å². The van der Waals surface area contributed by atoms with E-state index in [2.05, 4.69) is 15.3 Å². The molecule has 0 spiro atoms. The van der Waals surface area contributed by atoms with Crippen LogP contribution in [0.2, 0.25) is 5.15 Å². The average Bonchev–Trinajstić information content (AvgIpc) is 2.38. The minimum absolute atomic E-state index is 0.0916. The van der Waals surface area contributed by atoms with E-state index >= 15 is 0 Å².